The van der Waals surface area contributed by atoms with Gasteiger partial charge in [-0.25, -0.2) is 9.79 Å². The van der Waals surface area contributed by atoms with Crippen molar-refractivity contribution >= 4 is 30.4 Å². The van der Waals surface area contributed by atoms with Crippen LogP contribution in [0.25, 0.3) is 0 Å². The quantitative estimate of drug-likeness (QED) is 0.425. The average Bonchev–Trinajstić information content (AvgIpc) is 2.46. The van der Waals surface area contributed by atoms with Crippen molar-refractivity contribution in [1.82, 2.24) is 0 Å². The second-order valence-corrected chi connectivity index (χ2v) is 5.82. The highest BCUT2D eigenvalue weighted by molar-refractivity contribution is 5.85. The summed E-state index contributed by atoms with van der Waals surface area (Å²) in [6.45, 7) is 11.6. The molecule has 0 fully saturated rings. The molecule has 0 rings (SSSR count). The van der Waals surface area contributed by atoms with E-state index in [9.17, 15) is 14.4 Å². The number of carbonyl (C=O) groups is 2. The first kappa shape index (κ1) is 26.5. The summed E-state index contributed by atoms with van der Waals surface area (Å²) in [6.07, 6.45) is 1.39. The SMILES string of the molecule is CCOC(=O)C(C)(C)CN.CCOC(=O)C(C)(C)CN=C=O.Cl. The molecule has 0 saturated carbocycles. The Morgan fingerprint density at radius 2 is 1.39 bits per heavy atom. The van der Waals surface area contributed by atoms with Crippen molar-refractivity contribution < 1.29 is 23.9 Å². The van der Waals surface area contributed by atoms with Gasteiger partial charge in [-0.15, -0.1) is 12.4 Å². The van der Waals surface area contributed by atoms with Crippen LogP contribution in [0.5, 0.6) is 0 Å². The first-order chi connectivity index (χ1) is 10.1. The summed E-state index contributed by atoms with van der Waals surface area (Å²) in [5.41, 5.74) is 4.08. The van der Waals surface area contributed by atoms with Crippen LogP contribution in [0.1, 0.15) is 41.5 Å². The van der Waals surface area contributed by atoms with Gasteiger partial charge in [-0.1, -0.05) is 0 Å². The Hall–Kier alpha value is -1.43. The number of rotatable bonds is 7. The van der Waals surface area contributed by atoms with E-state index >= 15 is 0 Å². The predicted molar refractivity (Wildman–Crippen MR) is 90.1 cm³/mol. The van der Waals surface area contributed by atoms with Crippen molar-refractivity contribution in [3.05, 3.63) is 0 Å². The summed E-state index contributed by atoms with van der Waals surface area (Å²) in [4.78, 5) is 35.3. The van der Waals surface area contributed by atoms with E-state index in [0.717, 1.165) is 0 Å². The molecule has 0 spiro atoms. The van der Waals surface area contributed by atoms with Gasteiger partial charge in [-0.3, -0.25) is 9.59 Å². The third kappa shape index (κ3) is 11.8. The Bertz CT molecular complexity index is 405. The van der Waals surface area contributed by atoms with Crippen LogP contribution in [0.3, 0.4) is 0 Å². The Labute approximate surface area is 144 Å². The minimum absolute atomic E-state index is 0. The van der Waals surface area contributed by atoms with E-state index in [4.69, 9.17) is 15.2 Å². The zero-order valence-corrected chi connectivity index (χ0v) is 15.6. The van der Waals surface area contributed by atoms with Gasteiger partial charge in [0, 0.05) is 6.54 Å². The highest BCUT2D eigenvalue weighted by atomic mass is 35.5. The van der Waals surface area contributed by atoms with Crippen LogP contribution in [-0.4, -0.2) is 44.3 Å². The van der Waals surface area contributed by atoms with Crippen LogP contribution in [0, 0.1) is 10.8 Å². The molecule has 0 aliphatic rings. The van der Waals surface area contributed by atoms with E-state index in [1.54, 1.807) is 41.5 Å². The minimum atomic E-state index is -0.729. The molecule has 8 heteroatoms. The summed E-state index contributed by atoms with van der Waals surface area (Å²) in [5, 5.41) is 0. The predicted octanol–water partition coefficient (Wildman–Crippen LogP) is 1.87. The lowest BCUT2D eigenvalue weighted by Gasteiger charge is -2.19. The van der Waals surface area contributed by atoms with Gasteiger partial charge in [0.1, 0.15) is 0 Å². The largest absolute Gasteiger partial charge is 0.466 e. The highest BCUT2D eigenvalue weighted by Gasteiger charge is 2.28. The van der Waals surface area contributed by atoms with Gasteiger partial charge in [0.15, 0.2) is 0 Å². The molecule has 0 aromatic heterocycles. The number of hydrogen-bond acceptors (Lipinski definition) is 7. The molecule has 0 aliphatic carbocycles. The van der Waals surface area contributed by atoms with Gasteiger partial charge in [0.05, 0.1) is 30.6 Å². The van der Waals surface area contributed by atoms with Gasteiger partial charge in [0.25, 0.3) is 0 Å². The standard InChI is InChI=1S/C8H13NO3.C7H15NO2.ClH/c1-4-12-7(11)8(2,3)5-9-6-10;1-4-10-6(9)7(2,3)5-8;/h4-5H2,1-3H3;4-5,8H2,1-3H3;1H. The molecule has 0 heterocycles. The molecule has 0 unspecified atom stereocenters. The van der Waals surface area contributed by atoms with E-state index < -0.39 is 10.8 Å². The molecule has 2 N–H and O–H groups in total. The highest BCUT2D eigenvalue weighted by Crippen LogP contribution is 2.17. The van der Waals surface area contributed by atoms with E-state index in [-0.39, 0.29) is 30.9 Å². The average molecular weight is 353 g/mol. The van der Waals surface area contributed by atoms with Gasteiger partial charge in [-0.05, 0) is 41.5 Å². The molecule has 23 heavy (non-hydrogen) atoms. The normalized spacial score (nSPS) is 10.2. The monoisotopic (exact) mass is 352 g/mol. The summed E-state index contributed by atoms with van der Waals surface area (Å²) < 4.78 is 9.55. The smallest absolute Gasteiger partial charge is 0.313 e. The Morgan fingerprint density at radius 3 is 1.70 bits per heavy atom. The van der Waals surface area contributed by atoms with Crippen LogP contribution < -0.4 is 5.73 Å². The fraction of sp³-hybridized carbons (Fsp3) is 0.800. The molecule has 0 aliphatic heterocycles. The van der Waals surface area contributed by atoms with Gasteiger partial charge in [0.2, 0.25) is 6.08 Å². The molecule has 0 atom stereocenters. The van der Waals surface area contributed by atoms with E-state index in [1.165, 1.54) is 6.08 Å². The summed E-state index contributed by atoms with van der Waals surface area (Å²) in [7, 11) is 0. The summed E-state index contributed by atoms with van der Waals surface area (Å²) >= 11 is 0. The third-order valence-electron chi connectivity index (χ3n) is 2.71. The molecule has 7 nitrogen and oxygen atoms in total. The topological polar surface area (TPSA) is 108 Å². The zero-order valence-electron chi connectivity index (χ0n) is 14.8. The van der Waals surface area contributed by atoms with E-state index in [0.29, 0.717) is 19.8 Å². The summed E-state index contributed by atoms with van der Waals surface area (Å²) in [6, 6.07) is 0. The fourth-order valence-corrected chi connectivity index (χ4v) is 1.03. The molecule has 0 saturated heterocycles. The maximum absolute atomic E-state index is 11.2. The third-order valence-corrected chi connectivity index (χ3v) is 2.71. The van der Waals surface area contributed by atoms with Gasteiger partial charge in [-0.2, -0.15) is 0 Å². The van der Waals surface area contributed by atoms with Crippen molar-refractivity contribution in [2.24, 2.45) is 21.6 Å². The molecule has 0 amide bonds. The van der Waals surface area contributed by atoms with Crippen molar-refractivity contribution in [3.8, 4) is 0 Å². The Kier molecular flexibility index (Phi) is 15.0. The maximum Gasteiger partial charge on any atom is 0.313 e. The van der Waals surface area contributed by atoms with E-state index in [1.807, 2.05) is 0 Å². The number of halogens is 1. The lowest BCUT2D eigenvalue weighted by Crippen LogP contribution is -2.34. The molecule has 0 radical (unpaired) electrons. The van der Waals surface area contributed by atoms with E-state index in [2.05, 4.69) is 4.99 Å². The Morgan fingerprint density at radius 1 is 1.00 bits per heavy atom. The van der Waals surface area contributed by atoms with Crippen LogP contribution in [0.2, 0.25) is 0 Å². The molecule has 0 aromatic rings. The zero-order chi connectivity index (χ0) is 17.8. The molecule has 0 bridgehead atoms. The number of ether oxygens (including phenoxy) is 2. The van der Waals surface area contributed by atoms with Crippen LogP contribution in [0.15, 0.2) is 4.99 Å². The van der Waals surface area contributed by atoms with Crippen molar-refractivity contribution in [1.29, 1.82) is 0 Å². The lowest BCUT2D eigenvalue weighted by atomic mass is 9.94. The van der Waals surface area contributed by atoms with Crippen molar-refractivity contribution in [2.75, 3.05) is 26.3 Å². The minimum Gasteiger partial charge on any atom is -0.466 e. The lowest BCUT2D eigenvalue weighted by molar-refractivity contribution is -0.153. The molecule has 0 aromatic carbocycles. The van der Waals surface area contributed by atoms with Crippen LogP contribution in [-0.2, 0) is 23.9 Å². The number of aliphatic imine (C=N–C) groups is 1. The molecule has 136 valence electrons. The number of nitrogens with two attached hydrogens (primary N) is 1. The van der Waals surface area contributed by atoms with Crippen molar-refractivity contribution in [3.63, 3.8) is 0 Å². The number of nitrogens with zero attached hydrogens (tertiary/aromatic N) is 1. The summed E-state index contributed by atoms with van der Waals surface area (Å²) in [5.74, 6) is -0.568. The number of isocyanates is 1. The van der Waals surface area contributed by atoms with Gasteiger partial charge >= 0.3 is 11.9 Å². The number of hydrogen-bond donors (Lipinski definition) is 1. The second kappa shape index (κ2) is 13.0. The van der Waals surface area contributed by atoms with Crippen LogP contribution >= 0.6 is 12.4 Å². The second-order valence-electron chi connectivity index (χ2n) is 5.82. The molecular formula is C15H29ClN2O5. The molecular weight excluding hydrogens is 324 g/mol. The first-order valence-electron chi connectivity index (χ1n) is 7.17. The number of esters is 2. The Balaban J connectivity index is -0.000000338. The first-order valence-corrected chi connectivity index (χ1v) is 7.17. The maximum atomic E-state index is 11.2. The van der Waals surface area contributed by atoms with Gasteiger partial charge < -0.3 is 15.2 Å². The number of carbonyl (C=O) groups excluding carboxylic acids is 3. The van der Waals surface area contributed by atoms with Crippen molar-refractivity contribution in [2.45, 2.75) is 41.5 Å². The van der Waals surface area contributed by atoms with Crippen LogP contribution in [0.4, 0.5) is 0 Å². The fourth-order valence-electron chi connectivity index (χ4n) is 1.03.